The molecule has 2 rings (SSSR count). The Morgan fingerprint density at radius 1 is 1.24 bits per heavy atom. The van der Waals surface area contributed by atoms with Crippen molar-refractivity contribution in [3.05, 3.63) is 58.2 Å². The summed E-state index contributed by atoms with van der Waals surface area (Å²) in [5.41, 5.74) is 0.759. The molecule has 134 valence electrons. The summed E-state index contributed by atoms with van der Waals surface area (Å²) in [4.78, 5) is 25.6. The summed E-state index contributed by atoms with van der Waals surface area (Å²) < 4.78 is 18.9. The van der Waals surface area contributed by atoms with Crippen molar-refractivity contribution in [2.45, 2.75) is 6.04 Å². The third kappa shape index (κ3) is 5.68. The van der Waals surface area contributed by atoms with Crippen LogP contribution in [0.3, 0.4) is 0 Å². The molecule has 0 bridgehead atoms. The predicted molar refractivity (Wildman–Crippen MR) is 94.6 cm³/mol. The number of carbonyl (C=O) groups excluding carboxylic acids is 2. The molecule has 0 saturated heterocycles. The van der Waals surface area contributed by atoms with Crippen LogP contribution in [0.15, 0.2) is 45.5 Å². The maximum absolute atomic E-state index is 13.4. The van der Waals surface area contributed by atoms with Crippen molar-refractivity contribution < 1.29 is 18.4 Å². The Bertz CT molecular complexity index is 748. The van der Waals surface area contributed by atoms with Crippen molar-refractivity contribution in [1.29, 1.82) is 0 Å². The first-order chi connectivity index (χ1) is 11.9. The zero-order valence-electron chi connectivity index (χ0n) is 13.9. The monoisotopic (exact) mass is 411 g/mol. The Hall–Kier alpha value is -2.19. The summed E-state index contributed by atoms with van der Waals surface area (Å²) in [6, 6.07) is 9.15. The van der Waals surface area contributed by atoms with Crippen LogP contribution >= 0.6 is 15.9 Å². The summed E-state index contributed by atoms with van der Waals surface area (Å²) in [7, 11) is 3.69. The van der Waals surface area contributed by atoms with Gasteiger partial charge in [0.2, 0.25) is 5.91 Å². The summed E-state index contributed by atoms with van der Waals surface area (Å²) in [6.45, 7) is 0.109. The second-order valence-electron chi connectivity index (χ2n) is 5.62. The summed E-state index contributed by atoms with van der Waals surface area (Å²) >= 11 is 3.10. The number of benzene rings is 1. The van der Waals surface area contributed by atoms with Crippen molar-refractivity contribution in [3.63, 3.8) is 0 Å². The molecule has 1 atom stereocenters. The van der Waals surface area contributed by atoms with E-state index in [9.17, 15) is 14.0 Å². The Morgan fingerprint density at radius 3 is 2.60 bits per heavy atom. The SMILES string of the molecule is CN(C)C(CNC(=O)CNC(=O)c1ccc(Br)o1)c1cccc(F)c1. The molecule has 1 aromatic carbocycles. The van der Waals surface area contributed by atoms with E-state index in [1.165, 1.54) is 18.2 Å². The van der Waals surface area contributed by atoms with Crippen LogP contribution in [0.1, 0.15) is 22.2 Å². The minimum atomic E-state index is -0.477. The molecule has 0 radical (unpaired) electrons. The van der Waals surface area contributed by atoms with Gasteiger partial charge in [0.1, 0.15) is 5.82 Å². The quantitative estimate of drug-likeness (QED) is 0.732. The first-order valence-electron chi connectivity index (χ1n) is 7.59. The van der Waals surface area contributed by atoms with E-state index in [1.807, 2.05) is 19.0 Å². The molecule has 2 aromatic rings. The van der Waals surface area contributed by atoms with Crippen LogP contribution < -0.4 is 10.6 Å². The van der Waals surface area contributed by atoms with Gasteiger partial charge in [-0.2, -0.15) is 0 Å². The molecule has 2 amide bonds. The number of halogens is 2. The van der Waals surface area contributed by atoms with Crippen molar-refractivity contribution >= 4 is 27.7 Å². The average Bonchev–Trinajstić information content (AvgIpc) is 2.99. The number of nitrogens with zero attached hydrogens (tertiary/aromatic N) is 1. The number of nitrogens with one attached hydrogen (secondary N) is 2. The van der Waals surface area contributed by atoms with Crippen molar-refractivity contribution in [3.8, 4) is 0 Å². The fourth-order valence-electron chi connectivity index (χ4n) is 2.27. The zero-order chi connectivity index (χ0) is 18.4. The van der Waals surface area contributed by atoms with E-state index >= 15 is 0 Å². The van der Waals surface area contributed by atoms with E-state index in [2.05, 4.69) is 26.6 Å². The van der Waals surface area contributed by atoms with Crippen LogP contribution in [0.4, 0.5) is 4.39 Å². The van der Waals surface area contributed by atoms with Crippen LogP contribution in [0.5, 0.6) is 0 Å². The number of hydrogen-bond donors (Lipinski definition) is 2. The van der Waals surface area contributed by atoms with Crippen molar-refractivity contribution in [2.75, 3.05) is 27.2 Å². The van der Waals surface area contributed by atoms with Crippen LogP contribution in [-0.2, 0) is 4.79 Å². The van der Waals surface area contributed by atoms with Gasteiger partial charge in [-0.25, -0.2) is 4.39 Å². The first kappa shape index (κ1) is 19.1. The van der Waals surface area contributed by atoms with E-state index in [0.29, 0.717) is 4.67 Å². The Labute approximate surface area is 153 Å². The van der Waals surface area contributed by atoms with Crippen LogP contribution in [-0.4, -0.2) is 43.9 Å². The molecule has 0 saturated carbocycles. The lowest BCUT2D eigenvalue weighted by Crippen LogP contribution is -2.40. The highest BCUT2D eigenvalue weighted by atomic mass is 79.9. The van der Waals surface area contributed by atoms with Crippen molar-refractivity contribution in [1.82, 2.24) is 15.5 Å². The minimum Gasteiger partial charge on any atom is -0.444 e. The van der Waals surface area contributed by atoms with Gasteiger partial charge >= 0.3 is 0 Å². The molecular formula is C17H19BrFN3O3. The number of amides is 2. The molecular weight excluding hydrogens is 393 g/mol. The fourth-order valence-corrected chi connectivity index (χ4v) is 2.58. The Morgan fingerprint density at radius 2 is 2.00 bits per heavy atom. The maximum Gasteiger partial charge on any atom is 0.287 e. The second kappa shape index (κ2) is 8.77. The number of furan rings is 1. The molecule has 1 aromatic heterocycles. The topological polar surface area (TPSA) is 74.6 Å². The van der Waals surface area contributed by atoms with E-state index in [1.54, 1.807) is 18.2 Å². The van der Waals surface area contributed by atoms with Gasteiger partial charge in [0.25, 0.3) is 5.91 Å². The van der Waals surface area contributed by atoms with E-state index in [-0.39, 0.29) is 36.6 Å². The number of carbonyl (C=O) groups is 2. The summed E-state index contributed by atoms with van der Waals surface area (Å²) in [6.07, 6.45) is 0. The maximum atomic E-state index is 13.4. The number of rotatable bonds is 7. The third-order valence-corrected chi connectivity index (χ3v) is 3.98. The highest BCUT2D eigenvalue weighted by molar-refractivity contribution is 9.10. The minimum absolute atomic E-state index is 0.116. The molecule has 0 spiro atoms. The largest absolute Gasteiger partial charge is 0.444 e. The normalized spacial score (nSPS) is 12.0. The van der Waals surface area contributed by atoms with Crippen molar-refractivity contribution in [2.24, 2.45) is 0 Å². The lowest BCUT2D eigenvalue weighted by molar-refractivity contribution is -0.120. The van der Waals surface area contributed by atoms with E-state index < -0.39 is 5.91 Å². The molecule has 0 aliphatic rings. The Balaban J connectivity index is 1.86. The van der Waals surface area contributed by atoms with Crippen LogP contribution in [0.2, 0.25) is 0 Å². The molecule has 2 N–H and O–H groups in total. The van der Waals surface area contributed by atoms with Gasteiger partial charge < -0.3 is 20.0 Å². The predicted octanol–water partition coefficient (Wildman–Crippen LogP) is 2.33. The second-order valence-corrected chi connectivity index (χ2v) is 6.41. The van der Waals surface area contributed by atoms with Gasteiger partial charge in [0.05, 0.1) is 12.6 Å². The number of hydrogen-bond acceptors (Lipinski definition) is 4. The smallest absolute Gasteiger partial charge is 0.287 e. The summed E-state index contributed by atoms with van der Waals surface area (Å²) in [5.74, 6) is -1.03. The van der Waals surface area contributed by atoms with Crippen LogP contribution in [0, 0.1) is 5.82 Å². The van der Waals surface area contributed by atoms with Gasteiger partial charge in [0.15, 0.2) is 10.4 Å². The average molecular weight is 412 g/mol. The van der Waals surface area contributed by atoms with Gasteiger partial charge in [-0.1, -0.05) is 12.1 Å². The molecule has 0 fully saturated rings. The van der Waals surface area contributed by atoms with Gasteiger partial charge in [-0.05, 0) is 59.9 Å². The van der Waals surface area contributed by atoms with Crippen LogP contribution in [0.25, 0.3) is 0 Å². The molecule has 0 aliphatic carbocycles. The Kier molecular flexibility index (Phi) is 6.72. The molecule has 6 nitrogen and oxygen atoms in total. The van der Waals surface area contributed by atoms with E-state index in [0.717, 1.165) is 5.56 Å². The highest BCUT2D eigenvalue weighted by Gasteiger charge is 2.17. The van der Waals surface area contributed by atoms with E-state index in [4.69, 9.17) is 4.42 Å². The highest BCUT2D eigenvalue weighted by Crippen LogP contribution is 2.18. The zero-order valence-corrected chi connectivity index (χ0v) is 15.5. The van der Waals surface area contributed by atoms with Gasteiger partial charge in [-0.3, -0.25) is 9.59 Å². The van der Waals surface area contributed by atoms with Gasteiger partial charge in [-0.15, -0.1) is 0 Å². The molecule has 1 heterocycles. The molecule has 1 unspecified atom stereocenters. The lowest BCUT2D eigenvalue weighted by Gasteiger charge is -2.25. The lowest BCUT2D eigenvalue weighted by atomic mass is 10.1. The summed E-state index contributed by atoms with van der Waals surface area (Å²) in [5, 5.41) is 5.21. The fraction of sp³-hybridized carbons (Fsp3) is 0.294. The number of likely N-dealkylation sites (N-methyl/N-ethyl adjacent to an activating group) is 1. The first-order valence-corrected chi connectivity index (χ1v) is 8.38. The third-order valence-electron chi connectivity index (χ3n) is 3.56. The molecule has 0 aliphatic heterocycles. The molecule has 8 heteroatoms. The molecule has 25 heavy (non-hydrogen) atoms. The van der Waals surface area contributed by atoms with Gasteiger partial charge in [0, 0.05) is 6.54 Å². The standard InChI is InChI=1S/C17H19BrFN3O3/c1-22(2)13(11-4-3-5-12(19)8-11)9-20-16(23)10-21-17(24)14-6-7-15(18)25-14/h3-8,13H,9-10H2,1-2H3,(H,20,23)(H,21,24).